The summed E-state index contributed by atoms with van der Waals surface area (Å²) in [7, 11) is 0. The number of allylic oxidation sites excluding steroid dienone is 4. The maximum absolute atomic E-state index is 12.3. The van der Waals surface area contributed by atoms with Crippen molar-refractivity contribution >= 4 is 23.5 Å². The Balaban J connectivity index is 1.78. The van der Waals surface area contributed by atoms with E-state index in [9.17, 15) is 9.59 Å². The topological polar surface area (TPSA) is 43.4 Å². The molecule has 0 unspecified atom stereocenters. The van der Waals surface area contributed by atoms with Crippen LogP contribution in [0.4, 0.5) is 0 Å². The summed E-state index contributed by atoms with van der Waals surface area (Å²) >= 11 is 1.89. The van der Waals surface area contributed by atoms with Gasteiger partial charge in [0, 0.05) is 16.6 Å². The van der Waals surface area contributed by atoms with Crippen LogP contribution in [0.15, 0.2) is 23.8 Å². The maximum Gasteiger partial charge on any atom is 0.312 e. The van der Waals surface area contributed by atoms with Gasteiger partial charge < -0.3 is 4.74 Å². The van der Waals surface area contributed by atoms with Crippen LogP contribution in [0.5, 0.6) is 0 Å². The number of hydrogen-bond donors (Lipinski definition) is 0. The highest BCUT2D eigenvalue weighted by atomic mass is 32.2. The van der Waals surface area contributed by atoms with Crippen LogP contribution >= 0.6 is 11.8 Å². The van der Waals surface area contributed by atoms with Gasteiger partial charge in [-0.2, -0.15) is 11.8 Å². The molecule has 0 aromatic heterocycles. The Labute approximate surface area is 141 Å². The molecule has 4 rings (SSSR count). The molecule has 4 heteroatoms. The van der Waals surface area contributed by atoms with Gasteiger partial charge in [-0.1, -0.05) is 18.6 Å². The van der Waals surface area contributed by atoms with E-state index in [1.165, 1.54) is 5.57 Å². The molecular weight excluding hydrogens is 308 g/mol. The normalized spacial score (nSPS) is 48.2. The van der Waals surface area contributed by atoms with Crippen molar-refractivity contribution in [1.82, 2.24) is 0 Å². The largest absolute Gasteiger partial charge is 0.465 e. The molecule has 6 atom stereocenters. The zero-order chi connectivity index (χ0) is 16.4. The molecule has 23 heavy (non-hydrogen) atoms. The average Bonchev–Trinajstić information content (AvgIpc) is 2.83. The van der Waals surface area contributed by atoms with E-state index in [4.69, 9.17) is 4.74 Å². The summed E-state index contributed by atoms with van der Waals surface area (Å²) in [4.78, 5) is 24.2. The number of cyclic esters (lactones) is 1. The zero-order valence-electron chi connectivity index (χ0n) is 14.0. The van der Waals surface area contributed by atoms with E-state index in [1.54, 1.807) is 6.08 Å². The van der Waals surface area contributed by atoms with Crippen molar-refractivity contribution in [2.75, 3.05) is 12.9 Å². The first-order chi connectivity index (χ1) is 10.9. The summed E-state index contributed by atoms with van der Waals surface area (Å²) in [6, 6.07) is 0. The quantitative estimate of drug-likeness (QED) is 0.690. The Morgan fingerprint density at radius 1 is 1.26 bits per heavy atom. The lowest BCUT2D eigenvalue weighted by Crippen LogP contribution is -2.54. The second-order valence-electron chi connectivity index (χ2n) is 8.01. The van der Waals surface area contributed by atoms with Gasteiger partial charge in [0.2, 0.25) is 0 Å². The molecule has 124 valence electrons. The predicted molar refractivity (Wildman–Crippen MR) is 91.0 cm³/mol. The highest BCUT2D eigenvalue weighted by Crippen LogP contribution is 2.63. The number of hydrogen-bond acceptors (Lipinski definition) is 4. The third-order valence-electron chi connectivity index (χ3n) is 7.11. The SMILES string of the molecule is CS[C@@H]1CC2=CC(=O)C=C[C@]2(C)[C@H]2CC[C@]3(C)C(=O)OC[C@H]3[C@H]12. The fourth-order valence-corrected chi connectivity index (χ4v) is 6.65. The Morgan fingerprint density at radius 3 is 2.78 bits per heavy atom. The minimum Gasteiger partial charge on any atom is -0.465 e. The molecule has 1 saturated heterocycles. The molecule has 3 nitrogen and oxygen atoms in total. The van der Waals surface area contributed by atoms with Crippen LogP contribution < -0.4 is 0 Å². The number of rotatable bonds is 1. The lowest BCUT2D eigenvalue weighted by molar-refractivity contribution is -0.148. The number of thioether (sulfide) groups is 1. The summed E-state index contributed by atoms with van der Waals surface area (Å²) in [6.45, 7) is 4.97. The number of fused-ring (bicyclic) bond motifs is 5. The summed E-state index contributed by atoms with van der Waals surface area (Å²) in [5.41, 5.74) is 0.957. The number of carbonyl (C=O) groups excluding carboxylic acids is 2. The smallest absolute Gasteiger partial charge is 0.312 e. The number of ether oxygens (including phenoxy) is 1. The van der Waals surface area contributed by atoms with Crippen molar-refractivity contribution in [3.8, 4) is 0 Å². The van der Waals surface area contributed by atoms with Crippen LogP contribution in [0.1, 0.15) is 33.1 Å². The van der Waals surface area contributed by atoms with Gasteiger partial charge >= 0.3 is 5.97 Å². The van der Waals surface area contributed by atoms with E-state index in [-0.39, 0.29) is 22.6 Å². The second-order valence-corrected chi connectivity index (χ2v) is 9.09. The standard InChI is InChI=1S/C19H24O3S/c1-18-6-4-12(20)8-11(18)9-15(23-3)16-13(18)5-7-19(2)14(16)10-22-17(19)21/h4,6,8,13-16H,5,7,9-10H2,1-3H3/t13-,14-,15+,16+,18-,19-/m0/s1. The molecular formula is C19H24O3S. The van der Waals surface area contributed by atoms with Gasteiger partial charge in [0.05, 0.1) is 12.0 Å². The van der Waals surface area contributed by atoms with Crippen LogP contribution in [0.2, 0.25) is 0 Å². The van der Waals surface area contributed by atoms with Crippen molar-refractivity contribution in [2.45, 2.75) is 38.4 Å². The molecule has 4 aliphatic rings. The molecule has 0 amide bonds. The maximum atomic E-state index is 12.3. The lowest BCUT2D eigenvalue weighted by Gasteiger charge is -2.57. The second kappa shape index (κ2) is 4.98. The van der Waals surface area contributed by atoms with Gasteiger partial charge in [-0.3, -0.25) is 9.59 Å². The third-order valence-corrected chi connectivity index (χ3v) is 8.19. The number of ketones is 1. The summed E-state index contributed by atoms with van der Waals surface area (Å²) < 4.78 is 5.50. The molecule has 3 aliphatic carbocycles. The molecule has 0 aromatic carbocycles. The fraction of sp³-hybridized carbons (Fsp3) is 0.684. The highest BCUT2D eigenvalue weighted by molar-refractivity contribution is 7.99. The number of esters is 1. The van der Waals surface area contributed by atoms with Crippen LogP contribution in [0, 0.1) is 28.6 Å². The molecule has 0 bridgehead atoms. The van der Waals surface area contributed by atoms with Gasteiger partial charge in [0.25, 0.3) is 0 Å². The molecule has 1 aliphatic heterocycles. The average molecular weight is 332 g/mol. The van der Waals surface area contributed by atoms with E-state index in [1.807, 2.05) is 17.8 Å². The van der Waals surface area contributed by atoms with Crippen molar-refractivity contribution in [3.05, 3.63) is 23.8 Å². The van der Waals surface area contributed by atoms with Crippen molar-refractivity contribution in [3.63, 3.8) is 0 Å². The Bertz CT molecular complexity index is 637. The summed E-state index contributed by atoms with van der Waals surface area (Å²) in [5, 5.41) is 0.470. The molecule has 0 N–H and O–H groups in total. The van der Waals surface area contributed by atoms with Crippen molar-refractivity contribution in [1.29, 1.82) is 0 Å². The third kappa shape index (κ3) is 1.97. The van der Waals surface area contributed by atoms with Gasteiger partial charge in [-0.25, -0.2) is 0 Å². The predicted octanol–water partition coefficient (Wildman–Crippen LogP) is 3.40. The molecule has 1 heterocycles. The van der Waals surface area contributed by atoms with E-state index in [0.29, 0.717) is 29.6 Å². The van der Waals surface area contributed by atoms with E-state index in [0.717, 1.165) is 19.3 Å². The van der Waals surface area contributed by atoms with Crippen LogP contribution in [-0.2, 0) is 14.3 Å². The fourth-order valence-electron chi connectivity index (χ4n) is 5.61. The Morgan fingerprint density at radius 2 is 2.04 bits per heavy atom. The van der Waals surface area contributed by atoms with E-state index >= 15 is 0 Å². The summed E-state index contributed by atoms with van der Waals surface area (Å²) in [6.07, 6.45) is 10.8. The Hall–Kier alpha value is -1.03. The van der Waals surface area contributed by atoms with Crippen molar-refractivity contribution < 1.29 is 14.3 Å². The van der Waals surface area contributed by atoms with Crippen molar-refractivity contribution in [2.24, 2.45) is 28.6 Å². The molecule has 0 aromatic rings. The van der Waals surface area contributed by atoms with Gasteiger partial charge in [-0.05, 0) is 56.4 Å². The van der Waals surface area contributed by atoms with Gasteiger partial charge in [-0.15, -0.1) is 0 Å². The summed E-state index contributed by atoms with van der Waals surface area (Å²) in [5.74, 6) is 1.42. The first-order valence-electron chi connectivity index (χ1n) is 8.54. The monoisotopic (exact) mass is 332 g/mol. The zero-order valence-corrected chi connectivity index (χ0v) is 14.8. The first-order valence-corrected chi connectivity index (χ1v) is 9.83. The molecule has 2 saturated carbocycles. The first kappa shape index (κ1) is 15.5. The van der Waals surface area contributed by atoms with Gasteiger partial charge in [0.15, 0.2) is 5.78 Å². The van der Waals surface area contributed by atoms with E-state index < -0.39 is 0 Å². The minimum absolute atomic E-state index is 0.00154. The number of carbonyl (C=O) groups is 2. The lowest BCUT2D eigenvalue weighted by atomic mass is 9.48. The van der Waals surface area contributed by atoms with Gasteiger partial charge in [0.1, 0.15) is 0 Å². The highest BCUT2D eigenvalue weighted by Gasteiger charge is 2.62. The molecule has 0 radical (unpaired) electrons. The molecule has 3 fully saturated rings. The molecule has 0 spiro atoms. The van der Waals surface area contributed by atoms with Crippen LogP contribution in [0.25, 0.3) is 0 Å². The van der Waals surface area contributed by atoms with Crippen LogP contribution in [-0.4, -0.2) is 29.9 Å². The minimum atomic E-state index is -0.305. The van der Waals surface area contributed by atoms with Crippen LogP contribution in [0.3, 0.4) is 0 Å². The van der Waals surface area contributed by atoms with E-state index in [2.05, 4.69) is 26.2 Å². The Kier molecular flexibility index (Phi) is 3.36.